The third kappa shape index (κ3) is 4.03. The molecule has 10 heteroatoms. The second-order valence-corrected chi connectivity index (χ2v) is 4.99. The van der Waals surface area contributed by atoms with Gasteiger partial charge in [-0.2, -0.15) is 18.7 Å². The molecule has 1 aliphatic rings. The van der Waals surface area contributed by atoms with Gasteiger partial charge in [0.25, 0.3) is 0 Å². The first-order valence-corrected chi connectivity index (χ1v) is 7.01. The van der Waals surface area contributed by atoms with Crippen molar-refractivity contribution in [1.29, 1.82) is 0 Å². The molecule has 0 atom stereocenters. The molecule has 0 saturated heterocycles. The van der Waals surface area contributed by atoms with E-state index in [0.29, 0.717) is 5.69 Å². The Hall–Kier alpha value is -3.04. The minimum Gasteiger partial charge on any atom is -0.460 e. The zero-order chi connectivity index (χ0) is 17.1. The summed E-state index contributed by atoms with van der Waals surface area (Å²) in [5.41, 5.74) is 0.0850. The molecule has 24 heavy (non-hydrogen) atoms. The Balaban J connectivity index is 1.79. The number of nitro groups is 1. The molecule has 0 aliphatic heterocycles. The standard InChI is InChI=1S/C14H12F2N4O4/c15-13(16)23-9-3-1-8(2-4-9)18-12-11(20(21)22)7-17-14(19-12)24-10-5-6-10/h1-4,7,10,13H,5-6H2,(H,17,18,19). The molecule has 1 fully saturated rings. The molecule has 1 aromatic heterocycles. The van der Waals surface area contributed by atoms with Crippen molar-refractivity contribution in [2.75, 3.05) is 5.32 Å². The molecular formula is C14H12F2N4O4. The van der Waals surface area contributed by atoms with E-state index in [9.17, 15) is 18.9 Å². The Morgan fingerprint density at radius 3 is 2.58 bits per heavy atom. The van der Waals surface area contributed by atoms with Gasteiger partial charge < -0.3 is 14.8 Å². The van der Waals surface area contributed by atoms with Gasteiger partial charge >= 0.3 is 18.3 Å². The Morgan fingerprint density at radius 2 is 2.00 bits per heavy atom. The molecule has 3 rings (SSSR count). The highest BCUT2D eigenvalue weighted by Gasteiger charge is 2.26. The summed E-state index contributed by atoms with van der Waals surface area (Å²) in [6.45, 7) is -2.92. The van der Waals surface area contributed by atoms with Gasteiger partial charge in [-0.3, -0.25) is 10.1 Å². The predicted octanol–water partition coefficient (Wildman–Crippen LogP) is 3.27. The minimum absolute atomic E-state index is 0.0227. The quantitative estimate of drug-likeness (QED) is 0.611. The van der Waals surface area contributed by atoms with Crippen LogP contribution in [0.15, 0.2) is 30.5 Å². The van der Waals surface area contributed by atoms with E-state index >= 15 is 0 Å². The summed E-state index contributed by atoms with van der Waals surface area (Å²) in [5.74, 6) is -0.0707. The Labute approximate surface area is 134 Å². The van der Waals surface area contributed by atoms with Crippen LogP contribution in [0.3, 0.4) is 0 Å². The number of nitrogens with zero attached hydrogens (tertiary/aromatic N) is 3. The Kier molecular flexibility index (Phi) is 4.36. The lowest BCUT2D eigenvalue weighted by molar-refractivity contribution is -0.384. The first-order valence-electron chi connectivity index (χ1n) is 7.01. The normalized spacial score (nSPS) is 13.6. The van der Waals surface area contributed by atoms with E-state index in [4.69, 9.17) is 4.74 Å². The van der Waals surface area contributed by atoms with Crippen LogP contribution in [0.2, 0.25) is 0 Å². The largest absolute Gasteiger partial charge is 0.460 e. The summed E-state index contributed by atoms with van der Waals surface area (Å²) in [6, 6.07) is 5.53. The van der Waals surface area contributed by atoms with Crippen LogP contribution in [0, 0.1) is 10.1 Å². The Morgan fingerprint density at radius 1 is 1.29 bits per heavy atom. The maximum Gasteiger partial charge on any atom is 0.387 e. The van der Waals surface area contributed by atoms with Crippen molar-refractivity contribution in [1.82, 2.24) is 9.97 Å². The lowest BCUT2D eigenvalue weighted by atomic mass is 10.3. The maximum atomic E-state index is 12.1. The molecule has 1 saturated carbocycles. The fourth-order valence-corrected chi connectivity index (χ4v) is 1.83. The number of hydrogen-bond donors (Lipinski definition) is 1. The fraction of sp³-hybridized carbons (Fsp3) is 0.286. The van der Waals surface area contributed by atoms with E-state index in [1.54, 1.807) is 0 Å². The van der Waals surface area contributed by atoms with Gasteiger partial charge in [-0.15, -0.1) is 0 Å². The molecule has 8 nitrogen and oxygen atoms in total. The first-order chi connectivity index (χ1) is 11.5. The second-order valence-electron chi connectivity index (χ2n) is 4.99. The zero-order valence-corrected chi connectivity index (χ0v) is 12.2. The van der Waals surface area contributed by atoms with Crippen LogP contribution < -0.4 is 14.8 Å². The van der Waals surface area contributed by atoms with Crippen molar-refractivity contribution in [3.8, 4) is 11.8 Å². The fourth-order valence-electron chi connectivity index (χ4n) is 1.83. The number of nitrogens with one attached hydrogen (secondary N) is 1. The number of hydrogen-bond acceptors (Lipinski definition) is 7. The second kappa shape index (κ2) is 6.60. The van der Waals surface area contributed by atoms with Crippen molar-refractivity contribution in [3.05, 3.63) is 40.6 Å². The topological polar surface area (TPSA) is 99.4 Å². The van der Waals surface area contributed by atoms with Crippen molar-refractivity contribution < 1.29 is 23.2 Å². The van der Waals surface area contributed by atoms with Crippen molar-refractivity contribution in [3.63, 3.8) is 0 Å². The molecule has 1 N–H and O–H groups in total. The molecule has 0 amide bonds. The monoisotopic (exact) mass is 338 g/mol. The van der Waals surface area contributed by atoms with Crippen LogP contribution in [0.25, 0.3) is 0 Å². The number of halogens is 2. The SMILES string of the molecule is O=[N+]([O-])c1cnc(OC2CC2)nc1Nc1ccc(OC(F)F)cc1. The number of aromatic nitrogens is 2. The smallest absolute Gasteiger partial charge is 0.387 e. The number of ether oxygens (including phenoxy) is 2. The van der Waals surface area contributed by atoms with Crippen molar-refractivity contribution in [2.24, 2.45) is 0 Å². The van der Waals surface area contributed by atoms with Gasteiger partial charge in [-0.05, 0) is 37.1 Å². The minimum atomic E-state index is -2.92. The number of rotatable bonds is 7. The molecule has 1 heterocycles. The lowest BCUT2D eigenvalue weighted by Gasteiger charge is -2.09. The number of alkyl halides is 2. The molecule has 0 bridgehead atoms. The molecule has 0 radical (unpaired) electrons. The highest BCUT2D eigenvalue weighted by atomic mass is 19.3. The third-order valence-electron chi connectivity index (χ3n) is 3.08. The molecule has 2 aromatic rings. The maximum absolute atomic E-state index is 12.1. The van der Waals surface area contributed by atoms with E-state index in [-0.39, 0.29) is 29.4 Å². The van der Waals surface area contributed by atoms with Crippen molar-refractivity contribution >= 4 is 17.2 Å². The van der Waals surface area contributed by atoms with Crippen LogP contribution in [0.5, 0.6) is 11.8 Å². The summed E-state index contributed by atoms with van der Waals surface area (Å²) in [4.78, 5) is 18.3. The van der Waals surface area contributed by atoms with Gasteiger partial charge in [0.15, 0.2) is 0 Å². The average Bonchev–Trinajstić information content (AvgIpc) is 3.33. The molecule has 1 aromatic carbocycles. The van der Waals surface area contributed by atoms with Gasteiger partial charge in [-0.25, -0.2) is 0 Å². The molecular weight excluding hydrogens is 326 g/mol. The summed E-state index contributed by atoms with van der Waals surface area (Å²) in [6.07, 6.45) is 2.90. The van der Waals surface area contributed by atoms with Crippen LogP contribution in [0.4, 0.5) is 26.0 Å². The third-order valence-corrected chi connectivity index (χ3v) is 3.08. The van der Waals surface area contributed by atoms with Crippen LogP contribution in [-0.4, -0.2) is 27.6 Å². The van der Waals surface area contributed by atoms with Gasteiger partial charge in [0.05, 0.1) is 4.92 Å². The highest BCUT2D eigenvalue weighted by Crippen LogP contribution is 2.30. The first kappa shape index (κ1) is 15.8. The number of anilines is 2. The Bertz CT molecular complexity index is 738. The van der Waals surface area contributed by atoms with Gasteiger partial charge in [0.1, 0.15) is 18.1 Å². The molecule has 0 spiro atoms. The summed E-state index contributed by atoms with van der Waals surface area (Å²) in [7, 11) is 0. The van der Waals surface area contributed by atoms with E-state index in [1.807, 2.05) is 0 Å². The zero-order valence-electron chi connectivity index (χ0n) is 12.2. The summed E-state index contributed by atoms with van der Waals surface area (Å²) < 4.78 is 33.9. The van der Waals surface area contributed by atoms with Gasteiger partial charge in [-0.1, -0.05) is 0 Å². The van der Waals surface area contributed by atoms with Gasteiger partial charge in [0.2, 0.25) is 5.82 Å². The number of benzene rings is 1. The van der Waals surface area contributed by atoms with E-state index in [2.05, 4.69) is 20.0 Å². The molecule has 1 aliphatic carbocycles. The van der Waals surface area contributed by atoms with Crippen LogP contribution in [0.1, 0.15) is 12.8 Å². The van der Waals surface area contributed by atoms with Gasteiger partial charge in [0, 0.05) is 5.69 Å². The van der Waals surface area contributed by atoms with E-state index in [1.165, 1.54) is 24.3 Å². The molecule has 126 valence electrons. The van der Waals surface area contributed by atoms with E-state index in [0.717, 1.165) is 19.0 Å². The summed E-state index contributed by atoms with van der Waals surface area (Å²) in [5, 5.41) is 13.8. The predicted molar refractivity (Wildman–Crippen MR) is 78.7 cm³/mol. The highest BCUT2D eigenvalue weighted by molar-refractivity contribution is 5.65. The summed E-state index contributed by atoms with van der Waals surface area (Å²) >= 11 is 0. The average molecular weight is 338 g/mol. The van der Waals surface area contributed by atoms with Crippen LogP contribution >= 0.6 is 0 Å². The molecule has 0 unspecified atom stereocenters. The van der Waals surface area contributed by atoms with Crippen molar-refractivity contribution in [2.45, 2.75) is 25.6 Å². The lowest BCUT2D eigenvalue weighted by Crippen LogP contribution is -2.06. The van der Waals surface area contributed by atoms with E-state index < -0.39 is 11.5 Å². The van der Waals surface area contributed by atoms with Crippen LogP contribution in [-0.2, 0) is 0 Å².